The molecule has 1 aromatic rings. The van der Waals surface area contributed by atoms with Gasteiger partial charge in [-0.15, -0.1) is 0 Å². The maximum absolute atomic E-state index is 11.6. The molecule has 0 radical (unpaired) electrons. The van der Waals surface area contributed by atoms with Gasteiger partial charge in [0.2, 0.25) is 11.8 Å². The van der Waals surface area contributed by atoms with Gasteiger partial charge in [0.25, 0.3) is 0 Å². The standard InChI is InChI=1S/C14H20N2O4/c1-11(6-5-9-13(17)16-19)20-10-14(18)15-12-7-3-2-4-8-12/h2-4,7-8,11,19H,5-6,9-10H2,1H3,(H,15,18)(H,16,17). The summed E-state index contributed by atoms with van der Waals surface area (Å²) in [4.78, 5) is 22.4. The second kappa shape index (κ2) is 9.06. The first-order valence-corrected chi connectivity index (χ1v) is 6.51. The van der Waals surface area contributed by atoms with Crippen molar-refractivity contribution < 1.29 is 19.5 Å². The Labute approximate surface area is 118 Å². The smallest absolute Gasteiger partial charge is 0.250 e. The lowest BCUT2D eigenvalue weighted by Crippen LogP contribution is -2.22. The van der Waals surface area contributed by atoms with Crippen LogP contribution in [0.4, 0.5) is 5.69 Å². The fourth-order valence-corrected chi connectivity index (χ4v) is 1.63. The molecule has 2 amide bonds. The summed E-state index contributed by atoms with van der Waals surface area (Å²) in [6, 6.07) is 9.15. The monoisotopic (exact) mass is 280 g/mol. The Morgan fingerprint density at radius 2 is 1.95 bits per heavy atom. The molecule has 0 fully saturated rings. The highest BCUT2D eigenvalue weighted by atomic mass is 16.5. The van der Waals surface area contributed by atoms with E-state index in [0.717, 1.165) is 5.69 Å². The number of rotatable bonds is 8. The van der Waals surface area contributed by atoms with Gasteiger partial charge in [0.15, 0.2) is 0 Å². The molecular weight excluding hydrogens is 260 g/mol. The maximum Gasteiger partial charge on any atom is 0.250 e. The number of amides is 2. The molecule has 6 nitrogen and oxygen atoms in total. The van der Waals surface area contributed by atoms with Crippen molar-refractivity contribution in [2.45, 2.75) is 32.3 Å². The van der Waals surface area contributed by atoms with Crippen molar-refractivity contribution in [1.82, 2.24) is 5.48 Å². The van der Waals surface area contributed by atoms with Crippen molar-refractivity contribution >= 4 is 17.5 Å². The number of carbonyl (C=O) groups excluding carboxylic acids is 2. The van der Waals surface area contributed by atoms with E-state index in [1.807, 2.05) is 25.1 Å². The van der Waals surface area contributed by atoms with Crippen LogP contribution in [0.1, 0.15) is 26.2 Å². The van der Waals surface area contributed by atoms with Gasteiger partial charge >= 0.3 is 0 Å². The number of nitrogens with one attached hydrogen (secondary N) is 2. The van der Waals surface area contributed by atoms with Crippen LogP contribution in [0, 0.1) is 0 Å². The second-order valence-corrected chi connectivity index (χ2v) is 4.46. The predicted molar refractivity (Wildman–Crippen MR) is 74.3 cm³/mol. The van der Waals surface area contributed by atoms with Crippen LogP contribution in [-0.2, 0) is 14.3 Å². The minimum atomic E-state index is -0.418. The molecule has 1 rings (SSSR count). The summed E-state index contributed by atoms with van der Waals surface area (Å²) in [5.41, 5.74) is 2.30. The van der Waals surface area contributed by atoms with Gasteiger partial charge in [0.05, 0.1) is 6.10 Å². The Balaban J connectivity index is 2.15. The molecule has 0 aliphatic rings. The van der Waals surface area contributed by atoms with Crippen molar-refractivity contribution in [3.63, 3.8) is 0 Å². The van der Waals surface area contributed by atoms with Gasteiger partial charge in [0.1, 0.15) is 6.61 Å². The quantitative estimate of drug-likeness (QED) is 0.499. The van der Waals surface area contributed by atoms with Gasteiger partial charge < -0.3 is 10.1 Å². The third kappa shape index (κ3) is 6.86. The summed E-state index contributed by atoms with van der Waals surface area (Å²) in [7, 11) is 0. The number of para-hydroxylation sites is 1. The third-order valence-corrected chi connectivity index (χ3v) is 2.70. The molecule has 0 heterocycles. The molecular formula is C14H20N2O4. The van der Waals surface area contributed by atoms with Crippen LogP contribution in [0.15, 0.2) is 30.3 Å². The molecule has 0 aromatic heterocycles. The van der Waals surface area contributed by atoms with Crippen molar-refractivity contribution in [1.29, 1.82) is 0 Å². The van der Waals surface area contributed by atoms with Crippen LogP contribution in [0.25, 0.3) is 0 Å². The van der Waals surface area contributed by atoms with Gasteiger partial charge in [-0.3, -0.25) is 14.8 Å². The van der Waals surface area contributed by atoms with Gasteiger partial charge in [-0.1, -0.05) is 18.2 Å². The van der Waals surface area contributed by atoms with Gasteiger partial charge in [-0.2, -0.15) is 0 Å². The minimum Gasteiger partial charge on any atom is -0.369 e. The Bertz CT molecular complexity index is 422. The fourth-order valence-electron chi connectivity index (χ4n) is 1.63. The molecule has 0 aliphatic carbocycles. The van der Waals surface area contributed by atoms with E-state index in [1.54, 1.807) is 17.6 Å². The summed E-state index contributed by atoms with van der Waals surface area (Å²) in [6.07, 6.45) is 1.35. The molecule has 6 heteroatoms. The minimum absolute atomic E-state index is 0.0255. The van der Waals surface area contributed by atoms with Crippen molar-refractivity contribution in [2.24, 2.45) is 0 Å². The lowest BCUT2D eigenvalue weighted by Gasteiger charge is -2.12. The Morgan fingerprint density at radius 1 is 1.25 bits per heavy atom. The lowest BCUT2D eigenvalue weighted by atomic mass is 10.1. The zero-order chi connectivity index (χ0) is 14.8. The summed E-state index contributed by atoms with van der Waals surface area (Å²) in [5.74, 6) is -0.629. The number of anilines is 1. The number of benzene rings is 1. The van der Waals surface area contributed by atoms with E-state index < -0.39 is 5.91 Å². The molecule has 1 aromatic carbocycles. The molecule has 110 valence electrons. The Hall–Kier alpha value is -1.92. The van der Waals surface area contributed by atoms with Crippen molar-refractivity contribution in [3.05, 3.63) is 30.3 Å². The van der Waals surface area contributed by atoms with Crippen LogP contribution in [0.5, 0.6) is 0 Å². The Morgan fingerprint density at radius 3 is 2.60 bits per heavy atom. The number of hydrogen-bond acceptors (Lipinski definition) is 4. The van der Waals surface area contributed by atoms with Crippen LogP contribution in [0.3, 0.4) is 0 Å². The maximum atomic E-state index is 11.6. The average molecular weight is 280 g/mol. The van der Waals surface area contributed by atoms with Crippen molar-refractivity contribution in [2.75, 3.05) is 11.9 Å². The molecule has 1 atom stereocenters. The number of carbonyl (C=O) groups is 2. The predicted octanol–water partition coefficient (Wildman–Crippen LogP) is 1.71. The van der Waals surface area contributed by atoms with Crippen LogP contribution in [-0.4, -0.2) is 29.7 Å². The van der Waals surface area contributed by atoms with Gasteiger partial charge in [0, 0.05) is 12.1 Å². The van der Waals surface area contributed by atoms with E-state index in [4.69, 9.17) is 9.94 Å². The third-order valence-electron chi connectivity index (χ3n) is 2.70. The highest BCUT2D eigenvalue weighted by Crippen LogP contribution is 2.07. The number of ether oxygens (including phenoxy) is 1. The zero-order valence-electron chi connectivity index (χ0n) is 11.5. The first kappa shape index (κ1) is 16.1. The normalized spacial score (nSPS) is 11.7. The summed E-state index contributed by atoms with van der Waals surface area (Å²) < 4.78 is 5.39. The summed E-state index contributed by atoms with van der Waals surface area (Å²) in [5, 5.41) is 11.1. The lowest BCUT2D eigenvalue weighted by molar-refractivity contribution is -0.129. The zero-order valence-corrected chi connectivity index (χ0v) is 11.5. The fraction of sp³-hybridized carbons (Fsp3) is 0.429. The molecule has 1 unspecified atom stereocenters. The Kier molecular flexibility index (Phi) is 7.31. The highest BCUT2D eigenvalue weighted by Gasteiger charge is 2.08. The summed E-state index contributed by atoms with van der Waals surface area (Å²) >= 11 is 0. The SMILES string of the molecule is CC(CCCC(=O)NO)OCC(=O)Nc1ccccc1. The summed E-state index contributed by atoms with van der Waals surface area (Å²) in [6.45, 7) is 1.81. The molecule has 0 aliphatic heterocycles. The van der Waals surface area contributed by atoms with E-state index in [9.17, 15) is 9.59 Å². The number of hydroxylamine groups is 1. The largest absolute Gasteiger partial charge is 0.369 e. The molecule has 0 saturated heterocycles. The van der Waals surface area contributed by atoms with E-state index in [2.05, 4.69) is 5.32 Å². The van der Waals surface area contributed by atoms with E-state index in [-0.39, 0.29) is 25.0 Å². The molecule has 0 bridgehead atoms. The molecule has 0 spiro atoms. The number of hydrogen-bond donors (Lipinski definition) is 3. The van der Waals surface area contributed by atoms with Crippen LogP contribution in [0.2, 0.25) is 0 Å². The van der Waals surface area contributed by atoms with Gasteiger partial charge in [-0.05, 0) is 31.9 Å². The molecule has 3 N–H and O–H groups in total. The van der Waals surface area contributed by atoms with Gasteiger partial charge in [-0.25, -0.2) is 5.48 Å². The highest BCUT2D eigenvalue weighted by molar-refractivity contribution is 5.91. The topological polar surface area (TPSA) is 87.7 Å². The van der Waals surface area contributed by atoms with E-state index >= 15 is 0 Å². The second-order valence-electron chi connectivity index (χ2n) is 4.46. The average Bonchev–Trinajstić information content (AvgIpc) is 2.46. The first-order chi connectivity index (χ1) is 9.61. The molecule has 0 saturated carbocycles. The van der Waals surface area contributed by atoms with Crippen LogP contribution >= 0.6 is 0 Å². The molecule has 20 heavy (non-hydrogen) atoms. The first-order valence-electron chi connectivity index (χ1n) is 6.51. The van der Waals surface area contributed by atoms with Crippen molar-refractivity contribution in [3.8, 4) is 0 Å². The van der Waals surface area contributed by atoms with Crippen LogP contribution < -0.4 is 10.8 Å². The van der Waals surface area contributed by atoms with E-state index in [0.29, 0.717) is 12.8 Å². The van der Waals surface area contributed by atoms with E-state index in [1.165, 1.54) is 0 Å².